The molecule has 2 aliphatic rings. The highest BCUT2D eigenvalue weighted by Crippen LogP contribution is 2.45. The molecule has 3 aromatic carbocycles. The number of hydrogen-bond acceptors (Lipinski definition) is 6. The number of nitrogens with zero attached hydrogens (tertiary/aromatic N) is 1. The van der Waals surface area contributed by atoms with Crippen LogP contribution in [0.1, 0.15) is 17.2 Å². The highest BCUT2D eigenvalue weighted by Gasteiger charge is 2.47. The number of fused-ring (bicyclic) bond motifs is 1. The van der Waals surface area contributed by atoms with E-state index in [0.717, 1.165) is 0 Å². The Hall–Kier alpha value is -3.97. The molecule has 1 unspecified atom stereocenters. The molecule has 0 spiro atoms. The molecule has 1 atom stereocenters. The minimum Gasteiger partial charge on any atom is -0.507 e. The van der Waals surface area contributed by atoms with Gasteiger partial charge in [0.15, 0.2) is 11.5 Å². The van der Waals surface area contributed by atoms with Crippen molar-refractivity contribution in [2.75, 3.05) is 25.2 Å². The van der Waals surface area contributed by atoms with Crippen molar-refractivity contribution in [1.29, 1.82) is 0 Å². The predicted molar refractivity (Wildman–Crippen MR) is 127 cm³/mol. The molecule has 2 heterocycles. The third-order valence-electron chi connectivity index (χ3n) is 5.78. The molecule has 1 fully saturated rings. The number of Topliss-reactive ketones (excluding diaryl/α,β-unsaturated/α-hetero) is 1. The van der Waals surface area contributed by atoms with Crippen molar-refractivity contribution >= 4 is 34.7 Å². The molecular weight excluding hydrogens is 458 g/mol. The lowest BCUT2D eigenvalue weighted by atomic mass is 9.95. The van der Waals surface area contributed by atoms with Gasteiger partial charge in [-0.25, -0.2) is 0 Å². The zero-order valence-corrected chi connectivity index (χ0v) is 18.9. The fraction of sp³-hybridized carbons (Fsp3) is 0.154. The van der Waals surface area contributed by atoms with Gasteiger partial charge in [0.25, 0.3) is 11.7 Å². The molecule has 0 saturated carbocycles. The van der Waals surface area contributed by atoms with Gasteiger partial charge in [-0.1, -0.05) is 23.7 Å². The Kier molecular flexibility index (Phi) is 5.63. The average molecular weight is 478 g/mol. The van der Waals surface area contributed by atoms with Crippen LogP contribution in [0.2, 0.25) is 5.02 Å². The van der Waals surface area contributed by atoms with Crippen LogP contribution in [0.3, 0.4) is 0 Å². The summed E-state index contributed by atoms with van der Waals surface area (Å²) in [7, 11) is 1.53. The molecule has 172 valence electrons. The van der Waals surface area contributed by atoms with Gasteiger partial charge in [0, 0.05) is 22.3 Å². The van der Waals surface area contributed by atoms with Crippen LogP contribution in [0.4, 0.5) is 5.69 Å². The molecule has 1 saturated heterocycles. The van der Waals surface area contributed by atoms with E-state index >= 15 is 0 Å². The first kappa shape index (κ1) is 21.9. The largest absolute Gasteiger partial charge is 0.507 e. The maximum atomic E-state index is 13.3. The number of amides is 1. The highest BCUT2D eigenvalue weighted by molar-refractivity contribution is 6.51. The van der Waals surface area contributed by atoms with Crippen LogP contribution in [-0.4, -0.2) is 37.1 Å². The molecule has 2 aliphatic heterocycles. The normalized spacial score (nSPS) is 18.8. The molecule has 8 heteroatoms. The SMILES string of the molecule is COc1cccc(C2/C(=C(\O)c3ccc(Cl)cc3)C(=O)C(=O)N2c2ccc3c(c2)OCCO3)c1. The molecule has 1 amide bonds. The Morgan fingerprint density at radius 1 is 1.00 bits per heavy atom. The van der Waals surface area contributed by atoms with Crippen molar-refractivity contribution in [3.63, 3.8) is 0 Å². The third kappa shape index (κ3) is 3.74. The summed E-state index contributed by atoms with van der Waals surface area (Å²) in [5, 5.41) is 11.7. The number of ether oxygens (including phenoxy) is 3. The van der Waals surface area contributed by atoms with Crippen molar-refractivity contribution in [2.45, 2.75) is 6.04 Å². The quantitative estimate of drug-likeness (QED) is 0.332. The number of hydrogen-bond donors (Lipinski definition) is 1. The van der Waals surface area contributed by atoms with Crippen LogP contribution < -0.4 is 19.1 Å². The van der Waals surface area contributed by atoms with Gasteiger partial charge in [0.2, 0.25) is 0 Å². The molecule has 0 aliphatic carbocycles. The predicted octanol–water partition coefficient (Wildman–Crippen LogP) is 4.75. The van der Waals surface area contributed by atoms with Crippen molar-refractivity contribution in [3.8, 4) is 17.2 Å². The molecule has 34 heavy (non-hydrogen) atoms. The fourth-order valence-electron chi connectivity index (χ4n) is 4.17. The van der Waals surface area contributed by atoms with Gasteiger partial charge in [-0.3, -0.25) is 14.5 Å². The molecule has 1 N–H and O–H groups in total. The maximum absolute atomic E-state index is 13.3. The second-order valence-corrected chi connectivity index (χ2v) is 8.22. The number of aliphatic hydroxyl groups excluding tert-OH is 1. The Morgan fingerprint density at radius 2 is 1.74 bits per heavy atom. The Labute approximate surface area is 200 Å². The minimum absolute atomic E-state index is 0.0320. The Balaban J connectivity index is 1.70. The van der Waals surface area contributed by atoms with Gasteiger partial charge in [-0.2, -0.15) is 0 Å². The van der Waals surface area contributed by atoms with E-state index in [1.54, 1.807) is 66.7 Å². The van der Waals surface area contributed by atoms with Crippen LogP contribution in [0.25, 0.3) is 5.76 Å². The van der Waals surface area contributed by atoms with Gasteiger partial charge in [-0.05, 0) is 54.1 Å². The van der Waals surface area contributed by atoms with Crippen LogP contribution in [0.5, 0.6) is 17.2 Å². The minimum atomic E-state index is -0.895. The zero-order chi connectivity index (χ0) is 23.8. The van der Waals surface area contributed by atoms with E-state index in [9.17, 15) is 14.7 Å². The van der Waals surface area contributed by atoms with Gasteiger partial charge < -0.3 is 19.3 Å². The number of carbonyl (C=O) groups excluding carboxylic acids is 2. The molecule has 0 aromatic heterocycles. The number of ketones is 1. The van der Waals surface area contributed by atoms with Gasteiger partial charge in [-0.15, -0.1) is 0 Å². The summed E-state index contributed by atoms with van der Waals surface area (Å²) in [6.07, 6.45) is 0. The fourth-order valence-corrected chi connectivity index (χ4v) is 4.30. The van der Waals surface area contributed by atoms with Crippen molar-refractivity contribution in [2.24, 2.45) is 0 Å². The molecule has 0 bridgehead atoms. The number of halogens is 1. The molecule has 7 nitrogen and oxygen atoms in total. The lowest BCUT2D eigenvalue weighted by Gasteiger charge is -2.27. The van der Waals surface area contributed by atoms with Crippen LogP contribution in [0, 0.1) is 0 Å². The van der Waals surface area contributed by atoms with Gasteiger partial charge in [0.1, 0.15) is 24.7 Å². The first-order chi connectivity index (χ1) is 16.5. The second-order valence-electron chi connectivity index (χ2n) is 7.78. The van der Waals surface area contributed by atoms with Crippen molar-refractivity contribution in [1.82, 2.24) is 0 Å². The maximum Gasteiger partial charge on any atom is 0.300 e. The van der Waals surface area contributed by atoms with Crippen LogP contribution in [-0.2, 0) is 9.59 Å². The van der Waals surface area contributed by atoms with Crippen LogP contribution >= 0.6 is 11.6 Å². The van der Waals surface area contributed by atoms with E-state index in [4.69, 9.17) is 25.8 Å². The smallest absolute Gasteiger partial charge is 0.300 e. The van der Waals surface area contributed by atoms with E-state index in [-0.39, 0.29) is 11.3 Å². The topological polar surface area (TPSA) is 85.3 Å². The highest BCUT2D eigenvalue weighted by atomic mass is 35.5. The second kappa shape index (κ2) is 8.76. The molecule has 5 rings (SSSR count). The summed E-state index contributed by atoms with van der Waals surface area (Å²) >= 11 is 5.98. The van der Waals surface area contributed by atoms with Crippen molar-refractivity contribution in [3.05, 3.63) is 88.5 Å². The first-order valence-electron chi connectivity index (χ1n) is 10.6. The van der Waals surface area contributed by atoms with Gasteiger partial charge >= 0.3 is 0 Å². The number of methoxy groups -OCH3 is 1. The number of rotatable bonds is 4. The monoisotopic (exact) mass is 477 g/mol. The molecular formula is C26H20ClNO6. The summed E-state index contributed by atoms with van der Waals surface area (Å²) in [6, 6.07) is 17.6. The van der Waals surface area contributed by atoms with E-state index in [0.29, 0.717) is 52.3 Å². The number of aliphatic hydroxyl groups is 1. The Morgan fingerprint density at radius 3 is 2.47 bits per heavy atom. The number of benzene rings is 3. The summed E-state index contributed by atoms with van der Waals surface area (Å²) in [5.74, 6) is -0.256. The third-order valence-corrected chi connectivity index (χ3v) is 6.03. The van der Waals surface area contributed by atoms with E-state index < -0.39 is 17.7 Å². The standard InChI is InChI=1S/C26H20ClNO6/c1-32-19-4-2-3-16(13-19)23-22(24(29)15-5-7-17(27)8-6-15)25(30)26(31)28(23)18-9-10-20-21(14-18)34-12-11-33-20/h2-10,13-14,23,29H,11-12H2,1H3/b24-22+. The van der Waals surface area contributed by atoms with Gasteiger partial charge in [0.05, 0.1) is 18.7 Å². The van der Waals surface area contributed by atoms with Crippen LogP contribution in [0.15, 0.2) is 72.3 Å². The van der Waals surface area contributed by atoms with E-state index in [1.165, 1.54) is 12.0 Å². The Bertz CT molecular complexity index is 1320. The molecule has 3 aromatic rings. The zero-order valence-electron chi connectivity index (χ0n) is 18.2. The van der Waals surface area contributed by atoms with E-state index in [2.05, 4.69) is 0 Å². The lowest BCUT2D eigenvalue weighted by Crippen LogP contribution is -2.29. The van der Waals surface area contributed by atoms with Crippen molar-refractivity contribution < 1.29 is 28.9 Å². The van der Waals surface area contributed by atoms with E-state index in [1.807, 2.05) is 0 Å². The lowest BCUT2D eigenvalue weighted by molar-refractivity contribution is -0.132. The first-order valence-corrected chi connectivity index (χ1v) is 11.0. The average Bonchev–Trinajstić information content (AvgIpc) is 3.14. The molecule has 0 radical (unpaired) electrons. The summed E-state index contributed by atoms with van der Waals surface area (Å²) in [4.78, 5) is 28.0. The summed E-state index contributed by atoms with van der Waals surface area (Å²) in [6.45, 7) is 0.812. The number of anilines is 1. The summed E-state index contributed by atoms with van der Waals surface area (Å²) < 4.78 is 16.6. The number of carbonyl (C=O) groups is 2. The summed E-state index contributed by atoms with van der Waals surface area (Å²) in [5.41, 5.74) is 1.38.